The smallest absolute Gasteiger partial charge is 0.323 e. The predicted octanol–water partition coefficient (Wildman–Crippen LogP) is 4.61. The van der Waals surface area contributed by atoms with Crippen LogP contribution in [-0.2, 0) is 0 Å². The molecule has 4 nitrogen and oxygen atoms in total. The standard InChI is InChI=1S/C16H17ClN2O2/c1-10-7-8-15(21-3)14(9-10)19-16(20)18-13-6-4-5-12(17)11(13)2/h4-9H,1-3H3,(H2,18,19,20). The van der Waals surface area contributed by atoms with Crippen LogP contribution in [0.3, 0.4) is 0 Å². The largest absolute Gasteiger partial charge is 0.495 e. The van der Waals surface area contributed by atoms with Crippen molar-refractivity contribution in [2.45, 2.75) is 13.8 Å². The van der Waals surface area contributed by atoms with Crippen molar-refractivity contribution >= 4 is 29.0 Å². The molecule has 0 bridgehead atoms. The number of aryl methyl sites for hydroxylation is 1. The lowest BCUT2D eigenvalue weighted by Crippen LogP contribution is -2.20. The SMILES string of the molecule is COc1ccc(C)cc1NC(=O)Nc1cccc(Cl)c1C. The zero-order valence-corrected chi connectivity index (χ0v) is 12.9. The number of urea groups is 1. The van der Waals surface area contributed by atoms with Crippen molar-refractivity contribution in [3.05, 3.63) is 52.5 Å². The van der Waals surface area contributed by atoms with Gasteiger partial charge in [0.2, 0.25) is 0 Å². The average Bonchev–Trinajstić information content (AvgIpc) is 2.44. The van der Waals surface area contributed by atoms with Crippen molar-refractivity contribution < 1.29 is 9.53 Å². The summed E-state index contributed by atoms with van der Waals surface area (Å²) >= 11 is 6.03. The van der Waals surface area contributed by atoms with Crippen LogP contribution in [0.25, 0.3) is 0 Å². The van der Waals surface area contributed by atoms with Crippen LogP contribution in [-0.4, -0.2) is 13.1 Å². The minimum atomic E-state index is -0.343. The Kier molecular flexibility index (Phi) is 4.70. The normalized spacial score (nSPS) is 10.1. The fourth-order valence-corrected chi connectivity index (χ4v) is 2.11. The molecule has 0 fully saturated rings. The first-order chi connectivity index (χ1) is 10.0. The van der Waals surface area contributed by atoms with E-state index in [0.717, 1.165) is 11.1 Å². The Morgan fingerprint density at radius 3 is 2.52 bits per heavy atom. The molecule has 0 saturated carbocycles. The number of halogens is 1. The zero-order valence-electron chi connectivity index (χ0n) is 12.2. The Morgan fingerprint density at radius 1 is 1.10 bits per heavy atom. The summed E-state index contributed by atoms with van der Waals surface area (Å²) in [5.41, 5.74) is 3.15. The molecule has 2 aromatic rings. The van der Waals surface area contributed by atoms with Gasteiger partial charge in [-0.05, 0) is 49.2 Å². The lowest BCUT2D eigenvalue weighted by atomic mass is 10.2. The van der Waals surface area contributed by atoms with Gasteiger partial charge in [0.15, 0.2) is 0 Å². The third-order valence-corrected chi connectivity index (χ3v) is 3.53. The first kappa shape index (κ1) is 15.2. The summed E-state index contributed by atoms with van der Waals surface area (Å²) in [6.07, 6.45) is 0. The van der Waals surface area contributed by atoms with Gasteiger partial charge in [0.25, 0.3) is 0 Å². The van der Waals surface area contributed by atoms with Gasteiger partial charge in [-0.1, -0.05) is 23.7 Å². The molecule has 21 heavy (non-hydrogen) atoms. The van der Waals surface area contributed by atoms with E-state index < -0.39 is 0 Å². The molecule has 0 aromatic heterocycles. The van der Waals surface area contributed by atoms with Gasteiger partial charge >= 0.3 is 6.03 Å². The van der Waals surface area contributed by atoms with Crippen LogP contribution in [0.4, 0.5) is 16.2 Å². The highest BCUT2D eigenvalue weighted by Gasteiger charge is 2.10. The summed E-state index contributed by atoms with van der Waals surface area (Å²) in [4.78, 5) is 12.1. The third-order valence-electron chi connectivity index (χ3n) is 3.12. The molecule has 0 aliphatic heterocycles. The highest BCUT2D eigenvalue weighted by molar-refractivity contribution is 6.31. The quantitative estimate of drug-likeness (QED) is 0.870. The molecule has 5 heteroatoms. The van der Waals surface area contributed by atoms with E-state index >= 15 is 0 Å². The van der Waals surface area contributed by atoms with E-state index in [0.29, 0.717) is 22.1 Å². The maximum absolute atomic E-state index is 12.1. The van der Waals surface area contributed by atoms with Crippen LogP contribution >= 0.6 is 11.6 Å². The molecule has 2 N–H and O–H groups in total. The second kappa shape index (κ2) is 6.50. The highest BCUT2D eigenvalue weighted by atomic mass is 35.5. The topological polar surface area (TPSA) is 50.4 Å². The summed E-state index contributed by atoms with van der Waals surface area (Å²) in [5, 5.41) is 6.17. The number of rotatable bonds is 3. The van der Waals surface area contributed by atoms with E-state index in [9.17, 15) is 4.79 Å². The molecular formula is C16H17ClN2O2. The van der Waals surface area contributed by atoms with Crippen LogP contribution in [0.2, 0.25) is 5.02 Å². The molecule has 0 aliphatic carbocycles. The summed E-state index contributed by atoms with van der Waals surface area (Å²) in [6, 6.07) is 10.6. The van der Waals surface area contributed by atoms with Crippen LogP contribution < -0.4 is 15.4 Å². The maximum atomic E-state index is 12.1. The Bertz CT molecular complexity index is 671. The van der Waals surface area contributed by atoms with E-state index in [4.69, 9.17) is 16.3 Å². The average molecular weight is 305 g/mol. The Morgan fingerprint density at radius 2 is 1.81 bits per heavy atom. The van der Waals surface area contributed by atoms with Gasteiger partial charge in [0.05, 0.1) is 12.8 Å². The maximum Gasteiger partial charge on any atom is 0.323 e. The molecule has 2 amide bonds. The molecule has 0 heterocycles. The van der Waals surface area contributed by atoms with Crippen molar-refractivity contribution in [2.75, 3.05) is 17.7 Å². The van der Waals surface area contributed by atoms with E-state index in [1.807, 2.05) is 32.0 Å². The van der Waals surface area contributed by atoms with Gasteiger partial charge in [-0.3, -0.25) is 0 Å². The van der Waals surface area contributed by atoms with Crippen molar-refractivity contribution in [3.63, 3.8) is 0 Å². The Hall–Kier alpha value is -2.20. The van der Waals surface area contributed by atoms with Crippen molar-refractivity contribution in [1.82, 2.24) is 0 Å². The first-order valence-corrected chi connectivity index (χ1v) is 6.87. The minimum Gasteiger partial charge on any atom is -0.495 e. The van der Waals surface area contributed by atoms with Crippen molar-refractivity contribution in [1.29, 1.82) is 0 Å². The molecule has 110 valence electrons. The van der Waals surface area contributed by atoms with Crippen LogP contribution in [0.5, 0.6) is 5.75 Å². The molecule has 2 aromatic carbocycles. The van der Waals surface area contributed by atoms with E-state index in [1.165, 1.54) is 0 Å². The molecule has 0 atom stereocenters. The summed E-state index contributed by atoms with van der Waals surface area (Å²) < 4.78 is 5.23. The van der Waals surface area contributed by atoms with Crippen LogP contribution in [0.1, 0.15) is 11.1 Å². The van der Waals surface area contributed by atoms with Crippen molar-refractivity contribution in [3.8, 4) is 5.75 Å². The number of methoxy groups -OCH3 is 1. The van der Waals surface area contributed by atoms with Gasteiger partial charge in [-0.15, -0.1) is 0 Å². The highest BCUT2D eigenvalue weighted by Crippen LogP contribution is 2.26. The number of carbonyl (C=O) groups excluding carboxylic acids is 1. The van der Waals surface area contributed by atoms with Crippen molar-refractivity contribution in [2.24, 2.45) is 0 Å². The molecule has 0 spiro atoms. The van der Waals surface area contributed by atoms with Crippen LogP contribution in [0, 0.1) is 13.8 Å². The molecule has 0 radical (unpaired) electrons. The van der Waals surface area contributed by atoms with E-state index in [1.54, 1.807) is 25.3 Å². The Labute approximate surface area is 129 Å². The number of nitrogens with one attached hydrogen (secondary N) is 2. The summed E-state index contributed by atoms with van der Waals surface area (Å²) in [6.45, 7) is 3.80. The number of amides is 2. The molecule has 0 aliphatic rings. The van der Waals surface area contributed by atoms with E-state index in [-0.39, 0.29) is 6.03 Å². The van der Waals surface area contributed by atoms with Gasteiger partial charge in [-0.2, -0.15) is 0 Å². The molecular weight excluding hydrogens is 288 g/mol. The van der Waals surface area contributed by atoms with Gasteiger partial charge in [0.1, 0.15) is 5.75 Å². The fourth-order valence-electron chi connectivity index (χ4n) is 1.94. The first-order valence-electron chi connectivity index (χ1n) is 6.49. The molecule has 0 unspecified atom stereocenters. The fraction of sp³-hybridized carbons (Fsp3) is 0.188. The lowest BCUT2D eigenvalue weighted by molar-refractivity contribution is 0.262. The zero-order chi connectivity index (χ0) is 15.4. The number of carbonyl (C=O) groups is 1. The molecule has 0 saturated heterocycles. The van der Waals surface area contributed by atoms with Gasteiger partial charge < -0.3 is 15.4 Å². The lowest BCUT2D eigenvalue weighted by Gasteiger charge is -2.13. The Balaban J connectivity index is 2.15. The van der Waals surface area contributed by atoms with E-state index in [2.05, 4.69) is 10.6 Å². The van der Waals surface area contributed by atoms with Gasteiger partial charge in [0, 0.05) is 10.7 Å². The summed E-state index contributed by atoms with van der Waals surface area (Å²) in [7, 11) is 1.56. The third kappa shape index (κ3) is 3.67. The second-order valence-corrected chi connectivity index (χ2v) is 5.10. The monoisotopic (exact) mass is 304 g/mol. The number of hydrogen-bond acceptors (Lipinski definition) is 2. The number of anilines is 2. The predicted molar refractivity (Wildman–Crippen MR) is 86.6 cm³/mol. The van der Waals surface area contributed by atoms with Gasteiger partial charge in [-0.25, -0.2) is 4.79 Å². The number of hydrogen-bond donors (Lipinski definition) is 2. The van der Waals surface area contributed by atoms with Crippen LogP contribution in [0.15, 0.2) is 36.4 Å². The number of ether oxygens (including phenoxy) is 1. The number of benzene rings is 2. The second-order valence-electron chi connectivity index (χ2n) is 4.70. The molecule has 2 rings (SSSR count). The summed E-state index contributed by atoms with van der Waals surface area (Å²) in [5.74, 6) is 0.610. The minimum absolute atomic E-state index is 0.343.